The molecule has 0 bridgehead atoms. The summed E-state index contributed by atoms with van der Waals surface area (Å²) in [5, 5.41) is 14.8. The molecule has 1 fully saturated rings. The number of hydrogen-bond donors (Lipinski definition) is 3. The third kappa shape index (κ3) is 4.40. The van der Waals surface area contributed by atoms with Gasteiger partial charge in [-0.1, -0.05) is 40.0 Å². The predicted octanol–water partition coefficient (Wildman–Crippen LogP) is 2.37. The molecule has 0 aromatic carbocycles. The third-order valence-electron chi connectivity index (χ3n) is 4.19. The van der Waals surface area contributed by atoms with E-state index in [4.69, 9.17) is 0 Å². The maximum atomic E-state index is 11.9. The Bertz CT molecular complexity index is 323. The van der Waals surface area contributed by atoms with Crippen LogP contribution in [0.15, 0.2) is 0 Å². The highest BCUT2D eigenvalue weighted by Crippen LogP contribution is 2.28. The fourth-order valence-corrected chi connectivity index (χ4v) is 2.30. The number of carboxylic acids is 1. The van der Waals surface area contributed by atoms with E-state index in [0.29, 0.717) is 31.2 Å². The minimum Gasteiger partial charge on any atom is -0.480 e. The van der Waals surface area contributed by atoms with E-state index in [9.17, 15) is 14.7 Å². The topological polar surface area (TPSA) is 78.4 Å². The van der Waals surface area contributed by atoms with E-state index in [1.807, 2.05) is 0 Å². The summed E-state index contributed by atoms with van der Waals surface area (Å²) in [4.78, 5) is 23.3. The van der Waals surface area contributed by atoms with E-state index >= 15 is 0 Å². The third-order valence-corrected chi connectivity index (χ3v) is 4.19. The van der Waals surface area contributed by atoms with Crippen molar-refractivity contribution in [3.8, 4) is 0 Å². The van der Waals surface area contributed by atoms with E-state index in [2.05, 4.69) is 31.4 Å². The van der Waals surface area contributed by atoms with E-state index in [-0.39, 0.29) is 6.03 Å². The summed E-state index contributed by atoms with van der Waals surface area (Å²) >= 11 is 0. The number of aliphatic carboxylic acids is 1. The fourth-order valence-electron chi connectivity index (χ4n) is 2.30. The standard InChI is InChI=1S/C14H26N2O3/c1-10(2)11(3)9-15-13(19)16-14(12(17)18)7-5-4-6-8-14/h10-11H,4-9H2,1-3H3,(H,17,18)(H2,15,16,19). The molecule has 2 amide bonds. The number of rotatable bonds is 5. The highest BCUT2D eigenvalue weighted by atomic mass is 16.4. The van der Waals surface area contributed by atoms with E-state index in [1.54, 1.807) is 0 Å². The molecule has 1 unspecified atom stereocenters. The number of carbonyl (C=O) groups is 2. The Morgan fingerprint density at radius 2 is 1.74 bits per heavy atom. The average molecular weight is 270 g/mol. The van der Waals surface area contributed by atoms with Gasteiger partial charge in [0.25, 0.3) is 0 Å². The smallest absolute Gasteiger partial charge is 0.329 e. The number of carbonyl (C=O) groups excluding carboxylic acids is 1. The molecule has 0 heterocycles. The molecule has 0 aromatic rings. The van der Waals surface area contributed by atoms with Crippen LogP contribution in [0.5, 0.6) is 0 Å². The first-order valence-corrected chi connectivity index (χ1v) is 7.17. The minimum atomic E-state index is -1.07. The van der Waals surface area contributed by atoms with Crippen LogP contribution < -0.4 is 10.6 Å². The van der Waals surface area contributed by atoms with E-state index in [0.717, 1.165) is 19.3 Å². The van der Waals surface area contributed by atoms with Gasteiger partial charge in [-0.25, -0.2) is 9.59 Å². The number of hydrogen-bond acceptors (Lipinski definition) is 2. The molecular formula is C14H26N2O3. The van der Waals surface area contributed by atoms with Crippen molar-refractivity contribution in [2.45, 2.75) is 58.4 Å². The van der Waals surface area contributed by atoms with Crippen molar-refractivity contribution in [3.63, 3.8) is 0 Å². The molecule has 0 saturated heterocycles. The Morgan fingerprint density at radius 1 is 1.16 bits per heavy atom. The molecule has 0 aromatic heterocycles. The average Bonchev–Trinajstić information content (AvgIpc) is 2.36. The van der Waals surface area contributed by atoms with Gasteiger partial charge in [-0.2, -0.15) is 0 Å². The van der Waals surface area contributed by atoms with Gasteiger partial charge >= 0.3 is 12.0 Å². The predicted molar refractivity (Wildman–Crippen MR) is 74.0 cm³/mol. The monoisotopic (exact) mass is 270 g/mol. The molecule has 1 saturated carbocycles. The lowest BCUT2D eigenvalue weighted by Crippen LogP contribution is -2.58. The lowest BCUT2D eigenvalue weighted by atomic mass is 9.82. The van der Waals surface area contributed by atoms with Crippen LogP contribution in [-0.4, -0.2) is 29.2 Å². The van der Waals surface area contributed by atoms with Gasteiger partial charge in [-0.15, -0.1) is 0 Å². The first kappa shape index (κ1) is 15.8. The van der Waals surface area contributed by atoms with Gasteiger partial charge in [-0.05, 0) is 24.7 Å². The molecule has 0 aliphatic heterocycles. The lowest BCUT2D eigenvalue weighted by molar-refractivity contribution is -0.145. The van der Waals surface area contributed by atoms with Crippen molar-refractivity contribution < 1.29 is 14.7 Å². The summed E-state index contributed by atoms with van der Waals surface area (Å²) < 4.78 is 0. The molecule has 5 nitrogen and oxygen atoms in total. The van der Waals surface area contributed by atoms with Crippen LogP contribution in [0.1, 0.15) is 52.9 Å². The Balaban J connectivity index is 2.50. The molecule has 19 heavy (non-hydrogen) atoms. The molecular weight excluding hydrogens is 244 g/mol. The van der Waals surface area contributed by atoms with Gasteiger partial charge < -0.3 is 15.7 Å². The first-order chi connectivity index (χ1) is 8.87. The Hall–Kier alpha value is -1.26. The van der Waals surface area contributed by atoms with Crippen LogP contribution >= 0.6 is 0 Å². The number of urea groups is 1. The molecule has 0 radical (unpaired) electrons. The molecule has 110 valence electrons. The van der Waals surface area contributed by atoms with Gasteiger partial charge in [0, 0.05) is 6.54 Å². The van der Waals surface area contributed by atoms with Crippen molar-refractivity contribution in [3.05, 3.63) is 0 Å². The van der Waals surface area contributed by atoms with Gasteiger partial charge in [0.2, 0.25) is 0 Å². The molecule has 1 aliphatic carbocycles. The van der Waals surface area contributed by atoms with Crippen molar-refractivity contribution in [1.82, 2.24) is 10.6 Å². The highest BCUT2D eigenvalue weighted by Gasteiger charge is 2.40. The maximum absolute atomic E-state index is 11.9. The maximum Gasteiger partial charge on any atom is 0.329 e. The summed E-state index contributed by atoms with van der Waals surface area (Å²) in [5.74, 6) is -0.0550. The molecule has 3 N–H and O–H groups in total. The fraction of sp³-hybridized carbons (Fsp3) is 0.857. The lowest BCUT2D eigenvalue weighted by Gasteiger charge is -2.34. The number of nitrogens with one attached hydrogen (secondary N) is 2. The van der Waals surface area contributed by atoms with Crippen LogP contribution in [0.3, 0.4) is 0 Å². The first-order valence-electron chi connectivity index (χ1n) is 7.17. The highest BCUT2D eigenvalue weighted by molar-refractivity contribution is 5.86. The van der Waals surface area contributed by atoms with Gasteiger partial charge in [0.15, 0.2) is 0 Å². The van der Waals surface area contributed by atoms with Crippen LogP contribution in [0.2, 0.25) is 0 Å². The van der Waals surface area contributed by atoms with Crippen LogP contribution in [0.4, 0.5) is 4.79 Å². The zero-order valence-electron chi connectivity index (χ0n) is 12.2. The van der Waals surface area contributed by atoms with Gasteiger partial charge in [0.05, 0.1) is 0 Å². The Labute approximate surface area is 115 Å². The summed E-state index contributed by atoms with van der Waals surface area (Å²) in [6.45, 7) is 6.84. The summed E-state index contributed by atoms with van der Waals surface area (Å²) in [6.07, 6.45) is 3.80. The largest absolute Gasteiger partial charge is 0.480 e. The second kappa shape index (κ2) is 6.78. The van der Waals surface area contributed by atoms with Crippen LogP contribution in [0, 0.1) is 11.8 Å². The Kier molecular flexibility index (Phi) is 5.63. The second-order valence-corrected chi connectivity index (χ2v) is 6.00. The van der Waals surface area contributed by atoms with Crippen molar-refractivity contribution in [2.24, 2.45) is 11.8 Å². The zero-order chi connectivity index (χ0) is 14.5. The normalized spacial score (nSPS) is 19.8. The van der Waals surface area contributed by atoms with Crippen molar-refractivity contribution in [2.75, 3.05) is 6.54 Å². The minimum absolute atomic E-state index is 0.364. The summed E-state index contributed by atoms with van der Waals surface area (Å²) in [6, 6.07) is -0.364. The van der Waals surface area contributed by atoms with Crippen LogP contribution in [0.25, 0.3) is 0 Å². The molecule has 5 heteroatoms. The molecule has 1 rings (SSSR count). The van der Waals surface area contributed by atoms with Gasteiger partial charge in [-0.3, -0.25) is 0 Å². The van der Waals surface area contributed by atoms with Crippen LogP contribution in [-0.2, 0) is 4.79 Å². The van der Waals surface area contributed by atoms with Gasteiger partial charge in [0.1, 0.15) is 5.54 Å². The van der Waals surface area contributed by atoms with E-state index < -0.39 is 11.5 Å². The number of amides is 2. The SMILES string of the molecule is CC(C)C(C)CNC(=O)NC1(C(=O)O)CCCCC1. The summed E-state index contributed by atoms with van der Waals surface area (Å²) in [7, 11) is 0. The van der Waals surface area contributed by atoms with E-state index in [1.165, 1.54) is 0 Å². The molecule has 1 aliphatic rings. The van der Waals surface area contributed by atoms with Crippen molar-refractivity contribution >= 4 is 12.0 Å². The second-order valence-electron chi connectivity index (χ2n) is 6.00. The number of carboxylic acid groups (broad SMARTS) is 1. The molecule has 0 spiro atoms. The molecule has 1 atom stereocenters. The summed E-state index contributed by atoms with van der Waals surface area (Å²) in [5.41, 5.74) is -1.07. The zero-order valence-corrected chi connectivity index (χ0v) is 12.2. The Morgan fingerprint density at radius 3 is 2.21 bits per heavy atom. The quantitative estimate of drug-likeness (QED) is 0.717. The van der Waals surface area contributed by atoms with Crippen molar-refractivity contribution in [1.29, 1.82) is 0 Å².